The second-order valence-corrected chi connectivity index (χ2v) is 8.38. The largest absolute Gasteiger partial charge is 0.507 e. The third-order valence-electron chi connectivity index (χ3n) is 5.27. The van der Waals surface area contributed by atoms with Crippen LogP contribution in [0.3, 0.4) is 0 Å². The van der Waals surface area contributed by atoms with Gasteiger partial charge in [0.2, 0.25) is 0 Å². The molecule has 3 nitrogen and oxygen atoms in total. The fourth-order valence-corrected chi connectivity index (χ4v) is 4.09. The molecule has 3 aromatic rings. The maximum absolute atomic E-state index is 11.0. The third-order valence-corrected chi connectivity index (χ3v) is 5.77. The first-order valence-corrected chi connectivity index (χ1v) is 10.4. The van der Waals surface area contributed by atoms with Crippen molar-refractivity contribution in [2.45, 2.75) is 25.7 Å². The van der Waals surface area contributed by atoms with E-state index in [0.29, 0.717) is 5.75 Å². The number of benzene rings is 3. The standard InChI is InChI=1S/C25H23BrO3/c1-15(2)19-5-4-6-20(25(19)27)21-14-24(16-7-10-18(28-3)11-8-16)29-23-12-9-17(26)13-22(21)23/h4-15,21,27H,1-3H3. The van der Waals surface area contributed by atoms with E-state index in [-0.39, 0.29) is 11.8 Å². The van der Waals surface area contributed by atoms with Crippen molar-refractivity contribution in [3.63, 3.8) is 0 Å². The van der Waals surface area contributed by atoms with E-state index in [1.165, 1.54) is 0 Å². The molecule has 0 fully saturated rings. The zero-order chi connectivity index (χ0) is 20.5. The van der Waals surface area contributed by atoms with Gasteiger partial charge in [0.05, 0.1) is 7.11 Å². The number of allylic oxidation sites excluding steroid dienone is 1. The predicted octanol–water partition coefficient (Wildman–Crippen LogP) is 6.85. The molecule has 0 aliphatic carbocycles. The van der Waals surface area contributed by atoms with Crippen LogP contribution in [0.25, 0.3) is 5.76 Å². The molecule has 0 amide bonds. The van der Waals surface area contributed by atoms with Crippen LogP contribution < -0.4 is 9.47 Å². The molecule has 4 heteroatoms. The Morgan fingerprint density at radius 2 is 1.76 bits per heavy atom. The van der Waals surface area contributed by atoms with E-state index in [2.05, 4.69) is 41.9 Å². The lowest BCUT2D eigenvalue weighted by atomic mass is 9.85. The lowest BCUT2D eigenvalue weighted by Crippen LogP contribution is -2.11. The lowest BCUT2D eigenvalue weighted by Gasteiger charge is -2.27. The summed E-state index contributed by atoms with van der Waals surface area (Å²) < 4.78 is 12.5. The van der Waals surface area contributed by atoms with Crippen LogP contribution in [-0.4, -0.2) is 12.2 Å². The molecular formula is C25H23BrO3. The lowest BCUT2D eigenvalue weighted by molar-refractivity contribution is 0.414. The van der Waals surface area contributed by atoms with Crippen molar-refractivity contribution in [1.29, 1.82) is 0 Å². The Labute approximate surface area is 179 Å². The number of phenolic OH excluding ortho intramolecular Hbond substituents is 1. The molecule has 1 N–H and O–H groups in total. The van der Waals surface area contributed by atoms with Gasteiger partial charge in [-0.05, 0) is 60.0 Å². The minimum atomic E-state index is -0.118. The summed E-state index contributed by atoms with van der Waals surface area (Å²) in [7, 11) is 1.65. The first-order chi connectivity index (χ1) is 14.0. The predicted molar refractivity (Wildman–Crippen MR) is 120 cm³/mol. The summed E-state index contributed by atoms with van der Waals surface area (Å²) in [6.45, 7) is 4.18. The zero-order valence-electron chi connectivity index (χ0n) is 16.6. The molecular weight excluding hydrogens is 428 g/mol. The monoisotopic (exact) mass is 450 g/mol. The van der Waals surface area contributed by atoms with Gasteiger partial charge in [-0.2, -0.15) is 0 Å². The van der Waals surface area contributed by atoms with Gasteiger partial charge in [-0.25, -0.2) is 0 Å². The Kier molecular flexibility index (Phi) is 5.37. The number of aromatic hydroxyl groups is 1. The van der Waals surface area contributed by atoms with Crippen LogP contribution in [0.2, 0.25) is 0 Å². The van der Waals surface area contributed by atoms with Gasteiger partial charge in [0.15, 0.2) is 0 Å². The van der Waals surface area contributed by atoms with Crippen molar-refractivity contribution in [2.75, 3.05) is 7.11 Å². The number of rotatable bonds is 4. The molecule has 4 rings (SSSR count). The average molecular weight is 451 g/mol. The Morgan fingerprint density at radius 3 is 2.45 bits per heavy atom. The number of para-hydroxylation sites is 1. The van der Waals surface area contributed by atoms with E-state index >= 15 is 0 Å². The summed E-state index contributed by atoms with van der Waals surface area (Å²) in [4.78, 5) is 0. The molecule has 0 saturated heterocycles. The summed E-state index contributed by atoms with van der Waals surface area (Å²) in [5.41, 5.74) is 3.81. The molecule has 1 atom stereocenters. The number of methoxy groups -OCH3 is 1. The van der Waals surface area contributed by atoms with Crippen LogP contribution in [0.5, 0.6) is 17.2 Å². The minimum Gasteiger partial charge on any atom is -0.507 e. The Bertz CT molecular complexity index is 1070. The number of phenols is 1. The Morgan fingerprint density at radius 1 is 1.00 bits per heavy atom. The summed E-state index contributed by atoms with van der Waals surface area (Å²) in [6.07, 6.45) is 2.08. The van der Waals surface area contributed by atoms with Crippen molar-refractivity contribution < 1.29 is 14.6 Å². The second kappa shape index (κ2) is 7.96. The molecule has 1 aliphatic rings. The molecule has 0 radical (unpaired) electrons. The number of hydrogen-bond acceptors (Lipinski definition) is 3. The number of ether oxygens (including phenoxy) is 2. The Hall–Kier alpha value is -2.72. The topological polar surface area (TPSA) is 38.7 Å². The molecule has 1 unspecified atom stereocenters. The van der Waals surface area contributed by atoms with Crippen molar-refractivity contribution in [3.05, 3.63) is 93.5 Å². The summed E-state index contributed by atoms with van der Waals surface area (Å²) >= 11 is 3.57. The molecule has 0 saturated carbocycles. The zero-order valence-corrected chi connectivity index (χ0v) is 18.2. The van der Waals surface area contributed by atoms with E-state index in [0.717, 1.165) is 44.0 Å². The molecule has 1 heterocycles. The van der Waals surface area contributed by atoms with E-state index < -0.39 is 0 Å². The molecule has 0 aromatic heterocycles. The SMILES string of the molecule is COc1ccc(C2=CC(c3cccc(C(C)C)c3O)c3cc(Br)ccc3O2)cc1. The molecule has 148 valence electrons. The van der Waals surface area contributed by atoms with Crippen LogP contribution in [0, 0.1) is 0 Å². The first kappa shape index (κ1) is 19.6. The van der Waals surface area contributed by atoms with Gasteiger partial charge < -0.3 is 14.6 Å². The first-order valence-electron chi connectivity index (χ1n) is 9.63. The average Bonchev–Trinajstić information content (AvgIpc) is 2.73. The van der Waals surface area contributed by atoms with Gasteiger partial charge >= 0.3 is 0 Å². The van der Waals surface area contributed by atoms with E-state index in [9.17, 15) is 5.11 Å². The van der Waals surface area contributed by atoms with Gasteiger partial charge in [-0.1, -0.05) is 48.0 Å². The molecule has 0 spiro atoms. The third kappa shape index (κ3) is 3.77. The van der Waals surface area contributed by atoms with Crippen molar-refractivity contribution in [2.24, 2.45) is 0 Å². The fourth-order valence-electron chi connectivity index (χ4n) is 3.71. The van der Waals surface area contributed by atoms with Crippen LogP contribution in [0.1, 0.15) is 47.9 Å². The minimum absolute atomic E-state index is 0.118. The highest BCUT2D eigenvalue weighted by Gasteiger charge is 2.27. The molecule has 3 aromatic carbocycles. The van der Waals surface area contributed by atoms with Gasteiger partial charge in [0, 0.05) is 27.1 Å². The van der Waals surface area contributed by atoms with E-state index in [1.54, 1.807) is 7.11 Å². The van der Waals surface area contributed by atoms with Crippen molar-refractivity contribution >= 4 is 21.7 Å². The van der Waals surface area contributed by atoms with Gasteiger partial charge in [0.1, 0.15) is 23.0 Å². The summed E-state index contributed by atoms with van der Waals surface area (Å²) in [5.74, 6) is 2.83. The normalized spacial score (nSPS) is 15.5. The smallest absolute Gasteiger partial charge is 0.131 e. The number of hydrogen-bond donors (Lipinski definition) is 1. The molecule has 29 heavy (non-hydrogen) atoms. The van der Waals surface area contributed by atoms with E-state index in [1.807, 2.05) is 54.6 Å². The van der Waals surface area contributed by atoms with E-state index in [4.69, 9.17) is 9.47 Å². The van der Waals surface area contributed by atoms with Crippen LogP contribution in [-0.2, 0) is 0 Å². The van der Waals surface area contributed by atoms with Crippen LogP contribution in [0.15, 0.2) is 71.2 Å². The fraction of sp³-hybridized carbons (Fsp3) is 0.200. The summed E-state index contributed by atoms with van der Waals surface area (Å²) in [6, 6.07) is 19.8. The quantitative estimate of drug-likeness (QED) is 0.472. The second-order valence-electron chi connectivity index (χ2n) is 7.46. The Balaban J connectivity index is 1.87. The number of halogens is 1. The summed E-state index contributed by atoms with van der Waals surface area (Å²) in [5, 5.41) is 11.0. The highest BCUT2D eigenvalue weighted by Crippen LogP contribution is 2.45. The van der Waals surface area contributed by atoms with Gasteiger partial charge in [0.25, 0.3) is 0 Å². The van der Waals surface area contributed by atoms with Crippen molar-refractivity contribution in [3.8, 4) is 17.2 Å². The van der Waals surface area contributed by atoms with Crippen LogP contribution in [0.4, 0.5) is 0 Å². The van der Waals surface area contributed by atoms with Gasteiger partial charge in [-0.15, -0.1) is 0 Å². The maximum atomic E-state index is 11.0. The van der Waals surface area contributed by atoms with Crippen LogP contribution >= 0.6 is 15.9 Å². The maximum Gasteiger partial charge on any atom is 0.131 e. The highest BCUT2D eigenvalue weighted by atomic mass is 79.9. The highest BCUT2D eigenvalue weighted by molar-refractivity contribution is 9.10. The molecule has 0 bridgehead atoms. The van der Waals surface area contributed by atoms with Crippen molar-refractivity contribution in [1.82, 2.24) is 0 Å². The number of fused-ring (bicyclic) bond motifs is 1. The molecule has 1 aliphatic heterocycles. The van der Waals surface area contributed by atoms with Gasteiger partial charge in [-0.3, -0.25) is 0 Å².